The maximum atomic E-state index is 4.34. The number of rotatable bonds is 3. The highest BCUT2D eigenvalue weighted by molar-refractivity contribution is 5.15. The van der Waals surface area contributed by atoms with Crippen LogP contribution in [-0.2, 0) is 13.6 Å². The van der Waals surface area contributed by atoms with Crippen LogP contribution in [0.25, 0.3) is 0 Å². The summed E-state index contributed by atoms with van der Waals surface area (Å²) >= 11 is 0. The average molecular weight is 194 g/mol. The van der Waals surface area contributed by atoms with E-state index in [0.717, 1.165) is 25.3 Å². The van der Waals surface area contributed by atoms with Crippen LogP contribution in [0.5, 0.6) is 0 Å². The van der Waals surface area contributed by atoms with Gasteiger partial charge in [0.15, 0.2) is 0 Å². The molecule has 1 N–H and O–H groups in total. The van der Waals surface area contributed by atoms with E-state index in [1.165, 1.54) is 5.56 Å². The molecule has 1 aromatic rings. The predicted molar refractivity (Wildman–Crippen MR) is 56.1 cm³/mol. The van der Waals surface area contributed by atoms with Crippen LogP contribution in [0.1, 0.15) is 11.3 Å². The fourth-order valence-electron chi connectivity index (χ4n) is 1.79. The molecule has 1 saturated heterocycles. The Bertz CT molecular complexity index is 314. The maximum Gasteiger partial charge on any atom is 0.0638 e. The van der Waals surface area contributed by atoms with Gasteiger partial charge in [0.05, 0.1) is 5.69 Å². The highest BCUT2D eigenvalue weighted by Crippen LogP contribution is 2.11. The van der Waals surface area contributed by atoms with Gasteiger partial charge in [-0.15, -0.1) is 0 Å². The summed E-state index contributed by atoms with van der Waals surface area (Å²) in [6, 6.07) is 0.703. The number of hydrogen-bond acceptors (Lipinski definition) is 3. The Kier molecular flexibility index (Phi) is 2.56. The number of likely N-dealkylation sites (N-methyl/N-ethyl adjacent to an activating group) is 1. The summed E-state index contributed by atoms with van der Waals surface area (Å²) < 4.78 is 1.89. The molecule has 1 fully saturated rings. The third kappa shape index (κ3) is 1.81. The Hall–Kier alpha value is -0.870. The molecule has 0 radical (unpaired) electrons. The fraction of sp³-hybridized carbons (Fsp3) is 0.700. The molecular weight excluding hydrogens is 176 g/mol. The lowest BCUT2D eigenvalue weighted by Crippen LogP contribution is -2.55. The van der Waals surface area contributed by atoms with Gasteiger partial charge in [0.2, 0.25) is 0 Å². The Labute approximate surface area is 84.9 Å². The molecule has 0 saturated carbocycles. The molecule has 2 heterocycles. The lowest BCUT2D eigenvalue weighted by Gasteiger charge is -2.35. The largest absolute Gasteiger partial charge is 0.314 e. The monoisotopic (exact) mass is 194 g/mol. The maximum absolute atomic E-state index is 4.34. The number of hydrogen-bond donors (Lipinski definition) is 1. The summed E-state index contributed by atoms with van der Waals surface area (Å²) in [7, 11) is 4.15. The third-order valence-corrected chi connectivity index (χ3v) is 2.92. The van der Waals surface area contributed by atoms with Gasteiger partial charge in [-0.1, -0.05) is 0 Å². The second-order valence-electron chi connectivity index (χ2n) is 4.14. The minimum Gasteiger partial charge on any atom is -0.314 e. The zero-order valence-corrected chi connectivity index (χ0v) is 9.12. The molecule has 2 rings (SSSR count). The van der Waals surface area contributed by atoms with Gasteiger partial charge in [0, 0.05) is 44.5 Å². The summed E-state index contributed by atoms with van der Waals surface area (Å²) in [6.07, 6.45) is 2.11. The van der Waals surface area contributed by atoms with E-state index in [2.05, 4.69) is 35.5 Å². The van der Waals surface area contributed by atoms with Crippen LogP contribution in [-0.4, -0.2) is 40.9 Å². The lowest BCUT2D eigenvalue weighted by atomic mass is 10.1. The van der Waals surface area contributed by atoms with E-state index in [4.69, 9.17) is 0 Å². The molecule has 0 atom stereocenters. The minimum atomic E-state index is 0.703. The van der Waals surface area contributed by atoms with E-state index in [9.17, 15) is 0 Å². The first-order chi connectivity index (χ1) is 6.66. The van der Waals surface area contributed by atoms with Crippen molar-refractivity contribution >= 4 is 0 Å². The first-order valence-corrected chi connectivity index (χ1v) is 5.07. The van der Waals surface area contributed by atoms with Gasteiger partial charge in [0.1, 0.15) is 0 Å². The Morgan fingerprint density at radius 2 is 2.36 bits per heavy atom. The molecule has 78 valence electrons. The number of nitrogens with one attached hydrogen (secondary N) is 1. The van der Waals surface area contributed by atoms with Gasteiger partial charge < -0.3 is 5.32 Å². The molecule has 1 aliphatic rings. The second kappa shape index (κ2) is 3.71. The van der Waals surface area contributed by atoms with E-state index < -0.39 is 0 Å². The zero-order valence-electron chi connectivity index (χ0n) is 9.12. The van der Waals surface area contributed by atoms with Crippen molar-refractivity contribution in [3.63, 3.8) is 0 Å². The van der Waals surface area contributed by atoms with Crippen molar-refractivity contribution in [3.05, 3.63) is 17.5 Å². The molecule has 4 nitrogen and oxygen atoms in total. The summed E-state index contributed by atoms with van der Waals surface area (Å²) in [5.41, 5.74) is 2.48. The lowest BCUT2D eigenvalue weighted by molar-refractivity contribution is 0.173. The van der Waals surface area contributed by atoms with Gasteiger partial charge >= 0.3 is 0 Å². The highest BCUT2D eigenvalue weighted by Gasteiger charge is 2.21. The van der Waals surface area contributed by atoms with E-state index in [1.54, 1.807) is 0 Å². The van der Waals surface area contributed by atoms with Crippen LogP contribution in [0.3, 0.4) is 0 Å². The normalized spacial score (nSPS) is 17.4. The first kappa shape index (κ1) is 9.68. The van der Waals surface area contributed by atoms with Gasteiger partial charge in [-0.2, -0.15) is 5.10 Å². The number of aryl methyl sites for hydroxylation is 2. The molecule has 0 aromatic carbocycles. The molecule has 1 aromatic heterocycles. The van der Waals surface area contributed by atoms with Crippen LogP contribution in [0.4, 0.5) is 0 Å². The van der Waals surface area contributed by atoms with E-state index in [1.807, 2.05) is 11.7 Å². The average Bonchev–Trinajstić information content (AvgIpc) is 2.26. The first-order valence-electron chi connectivity index (χ1n) is 5.07. The Morgan fingerprint density at radius 3 is 2.79 bits per heavy atom. The van der Waals surface area contributed by atoms with Crippen LogP contribution < -0.4 is 5.32 Å². The van der Waals surface area contributed by atoms with Crippen molar-refractivity contribution in [1.29, 1.82) is 0 Å². The topological polar surface area (TPSA) is 33.1 Å². The van der Waals surface area contributed by atoms with E-state index in [0.29, 0.717) is 6.04 Å². The van der Waals surface area contributed by atoms with Crippen molar-refractivity contribution < 1.29 is 0 Å². The predicted octanol–water partition coefficient (Wildman–Crippen LogP) is 0.132. The van der Waals surface area contributed by atoms with Gasteiger partial charge in [-0.3, -0.25) is 9.58 Å². The smallest absolute Gasteiger partial charge is 0.0638 e. The molecule has 0 spiro atoms. The Morgan fingerprint density at radius 1 is 1.64 bits per heavy atom. The summed E-state index contributed by atoms with van der Waals surface area (Å²) in [5.74, 6) is 0. The molecule has 14 heavy (non-hydrogen) atoms. The highest BCUT2D eigenvalue weighted by atomic mass is 15.3. The second-order valence-corrected chi connectivity index (χ2v) is 4.14. The van der Waals surface area contributed by atoms with Crippen LogP contribution in [0.2, 0.25) is 0 Å². The van der Waals surface area contributed by atoms with E-state index >= 15 is 0 Å². The van der Waals surface area contributed by atoms with Crippen LogP contribution >= 0.6 is 0 Å². The summed E-state index contributed by atoms with van der Waals surface area (Å²) in [5, 5.41) is 7.63. The van der Waals surface area contributed by atoms with Crippen molar-refractivity contribution in [2.24, 2.45) is 7.05 Å². The minimum absolute atomic E-state index is 0.703. The molecule has 4 heteroatoms. The van der Waals surface area contributed by atoms with Crippen molar-refractivity contribution in [1.82, 2.24) is 20.0 Å². The van der Waals surface area contributed by atoms with Gasteiger partial charge in [0.25, 0.3) is 0 Å². The van der Waals surface area contributed by atoms with Crippen LogP contribution in [0, 0.1) is 6.92 Å². The third-order valence-electron chi connectivity index (χ3n) is 2.92. The molecular formula is C10H18N4. The zero-order chi connectivity index (χ0) is 10.1. The van der Waals surface area contributed by atoms with Crippen molar-refractivity contribution in [2.45, 2.75) is 19.5 Å². The SMILES string of the molecule is Cc1nn(C)cc1CN(C)C1CNC1. The fourth-order valence-corrected chi connectivity index (χ4v) is 1.79. The van der Waals surface area contributed by atoms with Crippen molar-refractivity contribution in [3.8, 4) is 0 Å². The standard InChI is InChI=1S/C10H18N4/c1-8-9(7-14(3)12-8)6-13(2)10-4-11-5-10/h7,10-11H,4-6H2,1-3H3. The molecule has 0 amide bonds. The summed E-state index contributed by atoms with van der Waals surface area (Å²) in [6.45, 7) is 5.32. The molecule has 0 unspecified atom stereocenters. The number of aromatic nitrogens is 2. The molecule has 1 aliphatic heterocycles. The Balaban J connectivity index is 1.98. The molecule has 0 aliphatic carbocycles. The quantitative estimate of drug-likeness (QED) is 0.742. The number of nitrogens with zero attached hydrogens (tertiary/aromatic N) is 3. The van der Waals surface area contributed by atoms with Gasteiger partial charge in [-0.25, -0.2) is 0 Å². The van der Waals surface area contributed by atoms with Crippen molar-refractivity contribution in [2.75, 3.05) is 20.1 Å². The van der Waals surface area contributed by atoms with Gasteiger partial charge in [-0.05, 0) is 14.0 Å². The summed E-state index contributed by atoms with van der Waals surface area (Å²) in [4.78, 5) is 2.39. The van der Waals surface area contributed by atoms with E-state index in [-0.39, 0.29) is 0 Å². The van der Waals surface area contributed by atoms with Crippen LogP contribution in [0.15, 0.2) is 6.20 Å². The molecule has 0 bridgehead atoms.